The third-order valence-electron chi connectivity index (χ3n) is 5.04. The first-order chi connectivity index (χ1) is 13.1. The second kappa shape index (κ2) is 7.81. The Balaban J connectivity index is 1.64. The van der Waals surface area contributed by atoms with Crippen LogP contribution in [-0.2, 0) is 24.3 Å². The molecule has 2 fully saturated rings. The van der Waals surface area contributed by atoms with Crippen LogP contribution < -0.4 is 5.32 Å². The molecule has 2 amide bonds. The van der Waals surface area contributed by atoms with Crippen LogP contribution >= 0.6 is 0 Å². The minimum absolute atomic E-state index is 0.0281. The predicted octanol–water partition coefficient (Wildman–Crippen LogP) is 1.29. The van der Waals surface area contributed by atoms with Crippen molar-refractivity contribution in [1.29, 1.82) is 0 Å². The molecule has 0 spiro atoms. The monoisotopic (exact) mass is 409 g/mol. The number of rotatable bonds is 4. The minimum atomic E-state index is -3.56. The maximum absolute atomic E-state index is 12.6. The van der Waals surface area contributed by atoms with E-state index in [9.17, 15) is 18.0 Å². The maximum atomic E-state index is 12.6. The molecule has 28 heavy (non-hydrogen) atoms. The van der Waals surface area contributed by atoms with Crippen LogP contribution in [0.25, 0.3) is 0 Å². The van der Waals surface area contributed by atoms with Crippen LogP contribution in [0.4, 0.5) is 5.69 Å². The molecule has 2 saturated heterocycles. The average molecular weight is 410 g/mol. The number of carbonyl (C=O) groups excluding carboxylic acids is 2. The Morgan fingerprint density at radius 2 is 1.75 bits per heavy atom. The van der Waals surface area contributed by atoms with Gasteiger partial charge in [-0.15, -0.1) is 0 Å². The van der Waals surface area contributed by atoms with E-state index in [0.717, 1.165) is 0 Å². The van der Waals surface area contributed by atoms with Gasteiger partial charge >= 0.3 is 0 Å². The van der Waals surface area contributed by atoms with Gasteiger partial charge in [-0.2, -0.15) is 4.31 Å². The first kappa shape index (κ1) is 20.8. The van der Waals surface area contributed by atoms with E-state index >= 15 is 0 Å². The molecule has 1 atom stereocenters. The normalized spacial score (nSPS) is 21.8. The molecule has 9 heteroatoms. The summed E-state index contributed by atoms with van der Waals surface area (Å²) < 4.78 is 31.9. The van der Waals surface area contributed by atoms with Crippen molar-refractivity contribution >= 4 is 27.5 Å². The van der Waals surface area contributed by atoms with E-state index in [1.54, 1.807) is 17.0 Å². The van der Waals surface area contributed by atoms with Crippen LogP contribution in [0.1, 0.15) is 27.2 Å². The standard InChI is InChI=1S/C19H27N3O5S/c1-19(2,3)22-13-14(12-17(22)23)18(24)20-15-4-6-16(7-5-15)28(25,26)21-8-10-27-11-9-21/h4-7,14H,8-13H2,1-3H3,(H,20,24). The summed E-state index contributed by atoms with van der Waals surface area (Å²) in [6, 6.07) is 6.12. The van der Waals surface area contributed by atoms with Crippen molar-refractivity contribution in [3.05, 3.63) is 24.3 Å². The summed E-state index contributed by atoms with van der Waals surface area (Å²) in [5, 5.41) is 2.79. The summed E-state index contributed by atoms with van der Waals surface area (Å²) in [5.74, 6) is -0.674. The second-order valence-electron chi connectivity index (χ2n) is 8.11. The van der Waals surface area contributed by atoms with Gasteiger partial charge in [-0.1, -0.05) is 0 Å². The van der Waals surface area contributed by atoms with Gasteiger partial charge in [-0.25, -0.2) is 8.42 Å². The average Bonchev–Trinajstić information content (AvgIpc) is 3.05. The quantitative estimate of drug-likeness (QED) is 0.809. The lowest BCUT2D eigenvalue weighted by atomic mass is 10.1. The van der Waals surface area contributed by atoms with Crippen molar-refractivity contribution in [2.45, 2.75) is 37.6 Å². The molecule has 0 aliphatic carbocycles. The van der Waals surface area contributed by atoms with Crippen molar-refractivity contribution in [1.82, 2.24) is 9.21 Å². The minimum Gasteiger partial charge on any atom is -0.379 e. The molecule has 1 aromatic rings. The second-order valence-corrected chi connectivity index (χ2v) is 10.0. The number of morpholine rings is 1. The van der Waals surface area contributed by atoms with E-state index in [-0.39, 0.29) is 28.7 Å². The Morgan fingerprint density at radius 3 is 2.29 bits per heavy atom. The van der Waals surface area contributed by atoms with Crippen molar-refractivity contribution < 1.29 is 22.7 Å². The zero-order chi connectivity index (χ0) is 20.5. The molecule has 2 aliphatic rings. The molecular formula is C19H27N3O5S. The van der Waals surface area contributed by atoms with E-state index < -0.39 is 15.9 Å². The third kappa shape index (κ3) is 4.37. The van der Waals surface area contributed by atoms with Gasteiger partial charge in [0.05, 0.1) is 24.0 Å². The molecule has 0 saturated carbocycles. The summed E-state index contributed by atoms with van der Waals surface area (Å²) in [7, 11) is -3.56. The van der Waals surface area contributed by atoms with Crippen LogP contribution in [0.5, 0.6) is 0 Å². The highest BCUT2D eigenvalue weighted by molar-refractivity contribution is 7.89. The lowest BCUT2D eigenvalue weighted by Crippen LogP contribution is -2.42. The molecule has 154 valence electrons. The molecule has 0 bridgehead atoms. The number of sulfonamides is 1. The summed E-state index contributed by atoms with van der Waals surface area (Å²) in [6.45, 7) is 7.66. The number of amides is 2. The van der Waals surface area contributed by atoms with Gasteiger partial charge in [-0.3, -0.25) is 9.59 Å². The smallest absolute Gasteiger partial charge is 0.243 e. The van der Waals surface area contributed by atoms with Crippen LogP contribution in [0.2, 0.25) is 0 Å². The first-order valence-electron chi connectivity index (χ1n) is 9.38. The highest BCUT2D eigenvalue weighted by atomic mass is 32.2. The molecule has 2 aliphatic heterocycles. The van der Waals surface area contributed by atoms with Gasteiger partial charge in [0.25, 0.3) is 0 Å². The molecule has 3 rings (SSSR count). The fourth-order valence-electron chi connectivity index (χ4n) is 3.42. The zero-order valence-electron chi connectivity index (χ0n) is 16.5. The Morgan fingerprint density at radius 1 is 1.14 bits per heavy atom. The Kier molecular flexibility index (Phi) is 5.79. The predicted molar refractivity (Wildman–Crippen MR) is 104 cm³/mol. The number of nitrogens with zero attached hydrogens (tertiary/aromatic N) is 2. The highest BCUT2D eigenvalue weighted by Gasteiger charge is 2.39. The van der Waals surface area contributed by atoms with E-state index in [1.807, 2.05) is 20.8 Å². The lowest BCUT2D eigenvalue weighted by Gasteiger charge is -2.31. The van der Waals surface area contributed by atoms with Crippen molar-refractivity contribution in [3.63, 3.8) is 0 Å². The zero-order valence-corrected chi connectivity index (χ0v) is 17.3. The number of carbonyl (C=O) groups is 2. The fourth-order valence-corrected chi connectivity index (χ4v) is 4.83. The van der Waals surface area contributed by atoms with Crippen LogP contribution in [0, 0.1) is 5.92 Å². The van der Waals surface area contributed by atoms with Crippen molar-refractivity contribution in [3.8, 4) is 0 Å². The van der Waals surface area contributed by atoms with E-state index in [2.05, 4.69) is 5.32 Å². The summed E-state index contributed by atoms with van der Waals surface area (Å²) >= 11 is 0. The molecule has 1 N–H and O–H groups in total. The molecule has 1 unspecified atom stereocenters. The third-order valence-corrected chi connectivity index (χ3v) is 6.95. The Hall–Kier alpha value is -1.97. The number of hydrogen-bond donors (Lipinski definition) is 1. The SMILES string of the molecule is CC(C)(C)N1CC(C(=O)Nc2ccc(S(=O)(=O)N3CCOCC3)cc2)CC1=O. The van der Waals surface area contributed by atoms with Crippen LogP contribution in [-0.4, -0.2) is 67.8 Å². The van der Waals surface area contributed by atoms with Gasteiger partial charge in [-0.05, 0) is 45.0 Å². The van der Waals surface area contributed by atoms with E-state index in [4.69, 9.17) is 4.74 Å². The van der Waals surface area contributed by atoms with E-state index in [0.29, 0.717) is 38.5 Å². The maximum Gasteiger partial charge on any atom is 0.243 e. The molecule has 0 aromatic heterocycles. The van der Waals surface area contributed by atoms with Crippen molar-refractivity contribution in [2.24, 2.45) is 5.92 Å². The van der Waals surface area contributed by atoms with Gasteiger partial charge < -0.3 is 15.0 Å². The van der Waals surface area contributed by atoms with Crippen molar-refractivity contribution in [2.75, 3.05) is 38.2 Å². The van der Waals surface area contributed by atoms with Gasteiger partial charge in [0.1, 0.15) is 0 Å². The molecule has 0 radical (unpaired) electrons. The first-order valence-corrected chi connectivity index (χ1v) is 10.8. The van der Waals surface area contributed by atoms with Gasteiger partial charge in [0.2, 0.25) is 21.8 Å². The number of benzene rings is 1. The van der Waals surface area contributed by atoms with Gasteiger partial charge in [0, 0.05) is 37.3 Å². The molecular weight excluding hydrogens is 382 g/mol. The Bertz CT molecular complexity index is 839. The summed E-state index contributed by atoms with van der Waals surface area (Å²) in [4.78, 5) is 26.6. The molecule has 1 aromatic carbocycles. The number of anilines is 1. The number of hydrogen-bond acceptors (Lipinski definition) is 5. The van der Waals surface area contributed by atoms with Gasteiger partial charge in [0.15, 0.2) is 0 Å². The summed E-state index contributed by atoms with van der Waals surface area (Å²) in [5.41, 5.74) is 0.189. The van der Waals surface area contributed by atoms with Crippen LogP contribution in [0.3, 0.4) is 0 Å². The molecule has 2 heterocycles. The fraction of sp³-hybridized carbons (Fsp3) is 0.579. The highest BCUT2D eigenvalue weighted by Crippen LogP contribution is 2.27. The largest absolute Gasteiger partial charge is 0.379 e. The number of nitrogens with one attached hydrogen (secondary N) is 1. The van der Waals surface area contributed by atoms with E-state index in [1.165, 1.54) is 16.4 Å². The number of ether oxygens (including phenoxy) is 1. The topological polar surface area (TPSA) is 96.0 Å². The number of likely N-dealkylation sites (tertiary alicyclic amines) is 1. The summed E-state index contributed by atoms with van der Waals surface area (Å²) in [6.07, 6.45) is 0.187. The molecule has 8 nitrogen and oxygen atoms in total. The lowest BCUT2D eigenvalue weighted by molar-refractivity contribution is -0.131. The Labute approximate surface area is 165 Å². The van der Waals surface area contributed by atoms with Crippen LogP contribution in [0.15, 0.2) is 29.2 Å².